The zero-order valence-corrected chi connectivity index (χ0v) is 9.97. The van der Waals surface area contributed by atoms with E-state index in [-0.39, 0.29) is 17.6 Å². The van der Waals surface area contributed by atoms with Crippen molar-refractivity contribution in [3.05, 3.63) is 34.9 Å². The fourth-order valence-electron chi connectivity index (χ4n) is 2.19. The monoisotopic (exact) mass is 240 g/mol. The van der Waals surface area contributed by atoms with Crippen molar-refractivity contribution >= 4 is 24.2 Å². The predicted octanol–water partition coefficient (Wildman–Crippen LogP) is -0.0372. The second-order valence-electron chi connectivity index (χ2n) is 5.11. The number of hydrogen-bond donors (Lipinski definition) is 1. The van der Waals surface area contributed by atoms with Crippen LogP contribution in [0.2, 0.25) is 0 Å². The molecule has 1 aliphatic carbocycles. The number of aliphatic hydroxyl groups is 1. The Hall–Kier alpha value is -1.62. The fraction of sp³-hybridized carbons (Fsp3) is 0.385. The molecule has 0 bridgehead atoms. The van der Waals surface area contributed by atoms with Crippen LogP contribution in [-0.2, 0) is 6.54 Å². The van der Waals surface area contributed by atoms with Gasteiger partial charge in [-0.1, -0.05) is 17.6 Å². The van der Waals surface area contributed by atoms with Crippen molar-refractivity contribution in [1.82, 2.24) is 9.55 Å². The van der Waals surface area contributed by atoms with Crippen molar-refractivity contribution in [3.63, 3.8) is 0 Å². The van der Waals surface area contributed by atoms with E-state index in [4.69, 9.17) is 7.85 Å². The molecule has 1 fully saturated rings. The Labute approximate surface area is 106 Å². The molecule has 1 aliphatic rings. The average molecular weight is 240 g/mol. The van der Waals surface area contributed by atoms with Crippen LogP contribution in [-0.4, -0.2) is 29.1 Å². The van der Waals surface area contributed by atoms with Crippen LogP contribution in [0.1, 0.15) is 12.8 Å². The van der Waals surface area contributed by atoms with E-state index in [1.165, 1.54) is 0 Å². The van der Waals surface area contributed by atoms with E-state index in [0.29, 0.717) is 22.9 Å². The van der Waals surface area contributed by atoms with Crippen LogP contribution in [0.15, 0.2) is 29.3 Å². The van der Waals surface area contributed by atoms with E-state index in [9.17, 15) is 9.90 Å². The molecular formula is C13H13BN2O2. The van der Waals surface area contributed by atoms with Crippen molar-refractivity contribution in [3.8, 4) is 0 Å². The Morgan fingerprint density at radius 2 is 2.22 bits per heavy atom. The minimum atomic E-state index is -0.112. The van der Waals surface area contributed by atoms with E-state index in [0.717, 1.165) is 12.8 Å². The maximum Gasteiger partial charge on any atom is 0.261 e. The summed E-state index contributed by atoms with van der Waals surface area (Å²) in [5.74, 6) is 0. The summed E-state index contributed by atoms with van der Waals surface area (Å²) in [7, 11) is 5.69. The van der Waals surface area contributed by atoms with Crippen LogP contribution in [0.25, 0.3) is 10.9 Å². The lowest BCUT2D eigenvalue weighted by Gasteiger charge is -2.13. The van der Waals surface area contributed by atoms with Gasteiger partial charge in [-0.05, 0) is 18.9 Å². The minimum Gasteiger partial charge on any atom is -0.396 e. The zero-order chi connectivity index (χ0) is 12.8. The molecule has 2 aromatic rings. The maximum absolute atomic E-state index is 12.3. The first-order chi connectivity index (χ1) is 8.63. The minimum absolute atomic E-state index is 0.0907. The molecule has 0 amide bonds. The first-order valence-electron chi connectivity index (χ1n) is 5.99. The molecule has 1 aromatic heterocycles. The quantitative estimate of drug-likeness (QED) is 0.766. The number of benzene rings is 1. The van der Waals surface area contributed by atoms with Gasteiger partial charge in [0.25, 0.3) is 5.56 Å². The van der Waals surface area contributed by atoms with Crippen LogP contribution in [0, 0.1) is 5.41 Å². The van der Waals surface area contributed by atoms with Crippen LogP contribution in [0.5, 0.6) is 0 Å². The summed E-state index contributed by atoms with van der Waals surface area (Å²) in [5, 5.41) is 9.84. The third kappa shape index (κ3) is 1.84. The summed E-state index contributed by atoms with van der Waals surface area (Å²) in [5.41, 5.74) is 1.01. The predicted molar refractivity (Wildman–Crippen MR) is 70.1 cm³/mol. The highest BCUT2D eigenvalue weighted by Gasteiger charge is 2.42. The second kappa shape index (κ2) is 3.95. The van der Waals surface area contributed by atoms with Gasteiger partial charge in [0.05, 0.1) is 23.8 Å². The lowest BCUT2D eigenvalue weighted by molar-refractivity contribution is 0.193. The van der Waals surface area contributed by atoms with E-state index in [1.54, 1.807) is 29.1 Å². The molecular weight excluding hydrogens is 227 g/mol. The molecule has 0 aliphatic heterocycles. The van der Waals surface area contributed by atoms with Crippen LogP contribution < -0.4 is 11.0 Å². The molecule has 3 rings (SSSR count). The van der Waals surface area contributed by atoms with Crippen LogP contribution in [0.4, 0.5) is 0 Å². The van der Waals surface area contributed by atoms with Gasteiger partial charge in [-0.3, -0.25) is 9.36 Å². The number of aromatic nitrogens is 2. The Bertz CT molecular complexity index is 662. The molecule has 0 atom stereocenters. The van der Waals surface area contributed by atoms with Gasteiger partial charge in [-0.25, -0.2) is 4.98 Å². The number of fused-ring (bicyclic) bond motifs is 1. The summed E-state index contributed by atoms with van der Waals surface area (Å²) in [6.45, 7) is 0.647. The van der Waals surface area contributed by atoms with Crippen molar-refractivity contribution in [2.45, 2.75) is 19.4 Å². The summed E-state index contributed by atoms with van der Waals surface area (Å²) < 4.78 is 1.57. The van der Waals surface area contributed by atoms with Crippen LogP contribution >= 0.6 is 0 Å². The molecule has 1 saturated carbocycles. The summed E-state index contributed by atoms with van der Waals surface area (Å²) in [6, 6.07) is 5.13. The third-order valence-corrected chi connectivity index (χ3v) is 3.65. The molecule has 1 heterocycles. The van der Waals surface area contributed by atoms with Gasteiger partial charge in [0.15, 0.2) is 0 Å². The molecule has 90 valence electrons. The van der Waals surface area contributed by atoms with Crippen molar-refractivity contribution in [2.24, 2.45) is 5.41 Å². The molecule has 1 N–H and O–H groups in total. The Morgan fingerprint density at radius 3 is 2.89 bits per heavy atom. The van der Waals surface area contributed by atoms with Gasteiger partial charge in [0.1, 0.15) is 7.85 Å². The normalized spacial score (nSPS) is 16.9. The van der Waals surface area contributed by atoms with Crippen molar-refractivity contribution in [2.75, 3.05) is 6.61 Å². The number of hydrogen-bond acceptors (Lipinski definition) is 3. The first kappa shape index (κ1) is 11.5. The van der Waals surface area contributed by atoms with Crippen LogP contribution in [0.3, 0.4) is 0 Å². The second-order valence-corrected chi connectivity index (χ2v) is 5.11. The molecule has 2 radical (unpaired) electrons. The molecule has 1 aromatic carbocycles. The largest absolute Gasteiger partial charge is 0.396 e. The van der Waals surface area contributed by atoms with Gasteiger partial charge >= 0.3 is 0 Å². The summed E-state index contributed by atoms with van der Waals surface area (Å²) >= 11 is 0. The molecule has 4 nitrogen and oxygen atoms in total. The highest BCUT2D eigenvalue weighted by molar-refractivity contribution is 6.33. The molecule has 0 unspecified atom stereocenters. The smallest absolute Gasteiger partial charge is 0.261 e. The summed E-state index contributed by atoms with van der Waals surface area (Å²) in [6.07, 6.45) is 3.48. The van der Waals surface area contributed by atoms with E-state index >= 15 is 0 Å². The third-order valence-electron chi connectivity index (χ3n) is 3.65. The van der Waals surface area contributed by atoms with E-state index < -0.39 is 0 Å². The number of nitrogens with zero attached hydrogens (tertiary/aromatic N) is 2. The molecule has 0 spiro atoms. The molecule has 5 heteroatoms. The lowest BCUT2D eigenvalue weighted by atomic mass is 9.95. The molecule has 18 heavy (non-hydrogen) atoms. The fourth-order valence-corrected chi connectivity index (χ4v) is 2.19. The highest BCUT2D eigenvalue weighted by atomic mass is 16.3. The standard InChI is InChI=1S/C13H13BN2O2/c14-9-1-2-11-10(5-9)12(18)16(8-15-11)6-13(7-17)3-4-13/h1-2,5,8,17H,3-4,6-7H2. The van der Waals surface area contributed by atoms with Crippen molar-refractivity contribution < 1.29 is 5.11 Å². The summed E-state index contributed by atoms with van der Waals surface area (Å²) in [4.78, 5) is 16.5. The van der Waals surface area contributed by atoms with Gasteiger partial charge in [0, 0.05) is 12.0 Å². The number of aliphatic hydroxyl groups excluding tert-OH is 1. The Kier molecular flexibility index (Phi) is 2.52. The molecule has 0 saturated heterocycles. The van der Waals surface area contributed by atoms with E-state index in [1.807, 2.05) is 0 Å². The van der Waals surface area contributed by atoms with Crippen molar-refractivity contribution in [1.29, 1.82) is 0 Å². The maximum atomic E-state index is 12.3. The highest BCUT2D eigenvalue weighted by Crippen LogP contribution is 2.46. The van der Waals surface area contributed by atoms with E-state index in [2.05, 4.69) is 4.98 Å². The lowest BCUT2D eigenvalue weighted by Crippen LogP contribution is -2.27. The Balaban J connectivity index is 2.08. The topological polar surface area (TPSA) is 55.1 Å². The average Bonchev–Trinajstić information content (AvgIpc) is 3.14. The van der Waals surface area contributed by atoms with Gasteiger partial charge in [-0.2, -0.15) is 0 Å². The van der Waals surface area contributed by atoms with Gasteiger partial charge in [0.2, 0.25) is 0 Å². The number of rotatable bonds is 3. The van der Waals surface area contributed by atoms with Gasteiger partial charge < -0.3 is 5.11 Å². The first-order valence-corrected chi connectivity index (χ1v) is 5.99. The SMILES string of the molecule is [B]c1ccc2ncn(CC3(CO)CC3)c(=O)c2c1. The van der Waals surface area contributed by atoms with Gasteiger partial charge in [-0.15, -0.1) is 0 Å². The Morgan fingerprint density at radius 1 is 1.44 bits per heavy atom. The zero-order valence-electron chi connectivity index (χ0n) is 9.97.